The quantitative estimate of drug-likeness (QED) is 0.723. The van der Waals surface area contributed by atoms with Crippen LogP contribution >= 0.6 is 11.3 Å². The first kappa shape index (κ1) is 18.5. The largest absolute Gasteiger partial charge is 0.378 e. The summed E-state index contributed by atoms with van der Waals surface area (Å²) in [4.78, 5) is 27.3. The third-order valence-electron chi connectivity index (χ3n) is 4.41. The Kier molecular flexibility index (Phi) is 5.06. The van der Waals surface area contributed by atoms with Crippen LogP contribution in [0.3, 0.4) is 0 Å². The van der Waals surface area contributed by atoms with Crippen LogP contribution in [0.5, 0.6) is 0 Å². The second-order valence-electron chi connectivity index (χ2n) is 6.38. The fourth-order valence-electron chi connectivity index (χ4n) is 3.04. The number of carbonyl (C=O) groups is 2. The minimum Gasteiger partial charge on any atom is -0.378 e. The van der Waals surface area contributed by atoms with E-state index in [-0.39, 0.29) is 11.5 Å². The van der Waals surface area contributed by atoms with E-state index in [1.165, 1.54) is 11.3 Å². The molecule has 5 nitrogen and oxygen atoms in total. The van der Waals surface area contributed by atoms with E-state index < -0.39 is 17.5 Å². The Hall–Kier alpha value is -2.84. The number of benzene rings is 2. The van der Waals surface area contributed by atoms with Gasteiger partial charge in [-0.15, -0.1) is 11.3 Å². The summed E-state index contributed by atoms with van der Waals surface area (Å²) in [6, 6.07) is 9.67. The molecule has 1 saturated heterocycles. The van der Waals surface area contributed by atoms with Crippen molar-refractivity contribution >= 4 is 38.9 Å². The molecule has 1 aliphatic heterocycles. The van der Waals surface area contributed by atoms with E-state index in [1.54, 1.807) is 29.2 Å². The maximum absolute atomic E-state index is 13.3. The van der Waals surface area contributed by atoms with Crippen LogP contribution in [0.1, 0.15) is 20.0 Å². The molecule has 0 spiro atoms. The van der Waals surface area contributed by atoms with E-state index in [0.29, 0.717) is 42.9 Å². The topological polar surface area (TPSA) is 58.6 Å². The first-order chi connectivity index (χ1) is 13.5. The van der Waals surface area contributed by atoms with Crippen LogP contribution in [0.25, 0.3) is 10.1 Å². The number of hydrogen-bond acceptors (Lipinski definition) is 4. The van der Waals surface area contributed by atoms with Gasteiger partial charge in [0.15, 0.2) is 0 Å². The van der Waals surface area contributed by atoms with Gasteiger partial charge in [-0.3, -0.25) is 9.59 Å². The second kappa shape index (κ2) is 7.65. The third kappa shape index (κ3) is 3.88. The number of ether oxygens (including phenoxy) is 1. The molecule has 1 fully saturated rings. The zero-order valence-corrected chi connectivity index (χ0v) is 15.5. The lowest BCUT2D eigenvalue weighted by molar-refractivity contribution is 0.0306. The predicted molar refractivity (Wildman–Crippen MR) is 103 cm³/mol. The highest BCUT2D eigenvalue weighted by molar-refractivity contribution is 7.20. The highest BCUT2D eigenvalue weighted by Gasteiger charge is 2.20. The minimum absolute atomic E-state index is 0.0367. The first-order valence-corrected chi connectivity index (χ1v) is 9.49. The number of fused-ring (bicyclic) bond motifs is 1. The first-order valence-electron chi connectivity index (χ1n) is 8.68. The number of nitrogens with zero attached hydrogens (tertiary/aromatic N) is 1. The highest BCUT2D eigenvalue weighted by Crippen LogP contribution is 2.29. The number of hydrogen-bond donors (Lipinski definition) is 1. The zero-order valence-electron chi connectivity index (χ0n) is 14.7. The van der Waals surface area contributed by atoms with E-state index in [4.69, 9.17) is 4.74 Å². The monoisotopic (exact) mass is 402 g/mol. The molecule has 0 saturated carbocycles. The second-order valence-corrected chi connectivity index (χ2v) is 7.46. The van der Waals surface area contributed by atoms with Gasteiger partial charge in [0, 0.05) is 35.1 Å². The Balaban J connectivity index is 1.54. The fraction of sp³-hybridized carbons (Fsp3) is 0.200. The number of rotatable bonds is 3. The Morgan fingerprint density at radius 2 is 1.71 bits per heavy atom. The van der Waals surface area contributed by atoms with Crippen LogP contribution in [0.2, 0.25) is 0 Å². The minimum atomic E-state index is -0.815. The summed E-state index contributed by atoms with van der Waals surface area (Å²) in [5.41, 5.74) is 0.372. The van der Waals surface area contributed by atoms with Gasteiger partial charge in [0.2, 0.25) is 0 Å². The molecule has 0 radical (unpaired) electrons. The molecule has 0 atom stereocenters. The standard InChI is InChI=1S/C20H16F2N2O3S/c21-14-7-13(8-15(22)11-14)19(25)23-16-1-2-17-12(9-16)10-18(28-17)20(26)24-3-5-27-6-4-24/h1-2,7-11H,3-6H2,(H,23,25). The molecule has 8 heteroatoms. The molecule has 28 heavy (non-hydrogen) atoms. The van der Waals surface area contributed by atoms with Gasteiger partial charge in [0.25, 0.3) is 11.8 Å². The number of nitrogens with one attached hydrogen (secondary N) is 1. The molecule has 1 aliphatic rings. The Morgan fingerprint density at radius 3 is 2.43 bits per heavy atom. The van der Waals surface area contributed by atoms with Gasteiger partial charge in [0.1, 0.15) is 11.6 Å². The summed E-state index contributed by atoms with van der Waals surface area (Å²) in [7, 11) is 0. The average molecular weight is 402 g/mol. The lowest BCUT2D eigenvalue weighted by Gasteiger charge is -2.26. The molecule has 3 aromatic rings. The maximum atomic E-state index is 13.3. The van der Waals surface area contributed by atoms with Crippen molar-refractivity contribution in [2.45, 2.75) is 0 Å². The van der Waals surface area contributed by atoms with Crippen molar-refractivity contribution in [3.63, 3.8) is 0 Å². The normalized spacial score (nSPS) is 14.3. The molecule has 0 unspecified atom stereocenters. The summed E-state index contributed by atoms with van der Waals surface area (Å²) in [6.07, 6.45) is 0. The van der Waals surface area contributed by atoms with Gasteiger partial charge >= 0.3 is 0 Å². The van der Waals surface area contributed by atoms with E-state index in [1.807, 2.05) is 0 Å². The van der Waals surface area contributed by atoms with Gasteiger partial charge in [-0.1, -0.05) is 0 Å². The summed E-state index contributed by atoms with van der Waals surface area (Å²) in [6.45, 7) is 2.21. The molecule has 0 aliphatic carbocycles. The van der Waals surface area contributed by atoms with E-state index in [2.05, 4.69) is 5.32 Å². The molecule has 0 bridgehead atoms. The molecular weight excluding hydrogens is 386 g/mol. The van der Waals surface area contributed by atoms with Gasteiger partial charge in [-0.05, 0) is 41.8 Å². The van der Waals surface area contributed by atoms with Crippen LogP contribution in [-0.2, 0) is 4.74 Å². The molecule has 4 rings (SSSR count). The van der Waals surface area contributed by atoms with Gasteiger partial charge in [-0.2, -0.15) is 0 Å². The van der Waals surface area contributed by atoms with Gasteiger partial charge in [0.05, 0.1) is 18.1 Å². The Morgan fingerprint density at radius 1 is 1.00 bits per heavy atom. The number of halogens is 2. The van der Waals surface area contributed by atoms with Crippen molar-refractivity contribution in [3.8, 4) is 0 Å². The number of anilines is 1. The van der Waals surface area contributed by atoms with Gasteiger partial charge in [-0.25, -0.2) is 8.78 Å². The summed E-state index contributed by atoms with van der Waals surface area (Å²) < 4.78 is 32.8. The van der Waals surface area contributed by atoms with Crippen LogP contribution < -0.4 is 5.32 Å². The van der Waals surface area contributed by atoms with Crippen molar-refractivity contribution in [1.29, 1.82) is 0 Å². The maximum Gasteiger partial charge on any atom is 0.264 e. The Labute approximate surface area is 163 Å². The molecule has 2 heterocycles. The van der Waals surface area contributed by atoms with Crippen LogP contribution in [0.4, 0.5) is 14.5 Å². The molecular formula is C20H16F2N2O3S. The van der Waals surface area contributed by atoms with Crippen molar-refractivity contribution in [3.05, 3.63) is 64.5 Å². The number of amides is 2. The lowest BCUT2D eigenvalue weighted by Crippen LogP contribution is -2.40. The van der Waals surface area contributed by atoms with E-state index in [9.17, 15) is 18.4 Å². The van der Waals surface area contributed by atoms with Gasteiger partial charge < -0.3 is 15.0 Å². The number of carbonyl (C=O) groups excluding carboxylic acids is 2. The van der Waals surface area contributed by atoms with Crippen LogP contribution in [0.15, 0.2) is 42.5 Å². The van der Waals surface area contributed by atoms with Crippen molar-refractivity contribution in [1.82, 2.24) is 4.90 Å². The molecule has 2 aromatic carbocycles. The van der Waals surface area contributed by atoms with Crippen molar-refractivity contribution < 1.29 is 23.1 Å². The summed E-state index contributed by atoms with van der Waals surface area (Å²) in [5.74, 6) is -2.28. The number of thiophene rings is 1. The third-order valence-corrected chi connectivity index (χ3v) is 5.51. The zero-order chi connectivity index (χ0) is 19.7. The van der Waals surface area contributed by atoms with Crippen LogP contribution in [-0.4, -0.2) is 43.0 Å². The average Bonchev–Trinajstić information content (AvgIpc) is 3.10. The smallest absolute Gasteiger partial charge is 0.264 e. The van der Waals surface area contributed by atoms with Crippen molar-refractivity contribution in [2.75, 3.05) is 31.6 Å². The predicted octanol–water partition coefficient (Wildman–Crippen LogP) is 3.90. The highest BCUT2D eigenvalue weighted by atomic mass is 32.1. The van der Waals surface area contributed by atoms with Crippen molar-refractivity contribution in [2.24, 2.45) is 0 Å². The fourth-order valence-corrected chi connectivity index (χ4v) is 4.05. The molecule has 1 N–H and O–H groups in total. The summed E-state index contributed by atoms with van der Waals surface area (Å²) in [5, 5.41) is 3.44. The molecule has 2 amide bonds. The summed E-state index contributed by atoms with van der Waals surface area (Å²) >= 11 is 1.38. The Bertz CT molecular complexity index is 1040. The van der Waals surface area contributed by atoms with E-state index >= 15 is 0 Å². The lowest BCUT2D eigenvalue weighted by atomic mass is 10.2. The number of morpholine rings is 1. The molecule has 1 aromatic heterocycles. The van der Waals surface area contributed by atoms with E-state index in [0.717, 1.165) is 22.2 Å². The molecule has 144 valence electrons. The van der Waals surface area contributed by atoms with Crippen LogP contribution in [0, 0.1) is 11.6 Å². The SMILES string of the molecule is O=C(Nc1ccc2sc(C(=O)N3CCOCC3)cc2c1)c1cc(F)cc(F)c1.